The number of ether oxygens (including phenoxy) is 1. The molecule has 0 N–H and O–H groups in total. The van der Waals surface area contributed by atoms with Crippen LogP contribution in [-0.2, 0) is 28.6 Å². The zero-order chi connectivity index (χ0) is 20.3. The fraction of sp³-hybridized carbons (Fsp3) is 0.500. The molecule has 1 aromatic rings. The van der Waals surface area contributed by atoms with Crippen LogP contribution in [0.25, 0.3) is 0 Å². The zero-order valence-corrected chi connectivity index (χ0v) is 15.9. The summed E-state index contributed by atoms with van der Waals surface area (Å²) in [6.07, 6.45) is -1.96. The van der Waals surface area contributed by atoms with E-state index in [1.165, 1.54) is 13.8 Å². The quantitative estimate of drug-likeness (QED) is 0.229. The number of Topliss-reactive ketones (excluding diaryl/α,β-unsaturated/α-hetero) is 1. The van der Waals surface area contributed by atoms with E-state index < -0.39 is 49.3 Å². The summed E-state index contributed by atoms with van der Waals surface area (Å²) in [6, 6.07) is 3.87. The molecule has 26 heavy (non-hydrogen) atoms. The monoisotopic (exact) mass is 387 g/mol. The van der Waals surface area contributed by atoms with Crippen molar-refractivity contribution >= 4 is 27.6 Å². The predicted octanol–water partition coefficient (Wildman–Crippen LogP) is 2.24. The largest absolute Gasteiger partial charge is 0.458 e. The van der Waals surface area contributed by atoms with Crippen molar-refractivity contribution in [3.05, 3.63) is 34.4 Å². The maximum atomic E-state index is 12.4. The lowest BCUT2D eigenvalue weighted by molar-refractivity contribution is -0.384. The van der Waals surface area contributed by atoms with E-state index in [4.69, 9.17) is 8.92 Å². The molecule has 0 aliphatic rings. The Hall–Kier alpha value is -2.33. The van der Waals surface area contributed by atoms with E-state index in [9.17, 15) is 28.1 Å². The first-order valence-electron chi connectivity index (χ1n) is 7.69. The third kappa shape index (κ3) is 5.88. The third-order valence-electron chi connectivity index (χ3n) is 3.01. The lowest BCUT2D eigenvalue weighted by Crippen LogP contribution is -2.41. The van der Waals surface area contributed by atoms with Gasteiger partial charge in [-0.15, -0.1) is 0 Å². The summed E-state index contributed by atoms with van der Waals surface area (Å²) in [5, 5.41) is 10.6. The summed E-state index contributed by atoms with van der Waals surface area (Å²) >= 11 is 0. The summed E-state index contributed by atoms with van der Waals surface area (Å²) < 4.78 is 34.6. The first-order valence-corrected chi connectivity index (χ1v) is 9.10. The van der Waals surface area contributed by atoms with Crippen molar-refractivity contribution in [1.82, 2.24) is 0 Å². The molecule has 1 unspecified atom stereocenters. The van der Waals surface area contributed by atoms with Crippen molar-refractivity contribution in [2.75, 3.05) is 0 Å². The third-order valence-corrected chi connectivity index (χ3v) is 4.30. The molecular formula is C16H21NO8S. The Bertz CT molecular complexity index is 791. The molecular weight excluding hydrogens is 366 g/mol. The molecule has 1 atom stereocenters. The Labute approximate surface area is 151 Å². The molecule has 144 valence electrons. The van der Waals surface area contributed by atoms with Gasteiger partial charge in [-0.25, -0.2) is 8.98 Å². The van der Waals surface area contributed by atoms with Gasteiger partial charge in [0, 0.05) is 18.1 Å². The molecule has 0 aliphatic heterocycles. The summed E-state index contributed by atoms with van der Waals surface area (Å²) in [7, 11) is -4.53. The summed E-state index contributed by atoms with van der Waals surface area (Å²) in [6.45, 7) is 7.66. The zero-order valence-electron chi connectivity index (χ0n) is 15.1. The number of rotatable bonds is 7. The minimum Gasteiger partial charge on any atom is -0.458 e. The van der Waals surface area contributed by atoms with Crippen molar-refractivity contribution < 1.29 is 31.9 Å². The molecule has 0 fully saturated rings. The minimum absolute atomic E-state index is 0.314. The van der Waals surface area contributed by atoms with Gasteiger partial charge in [0.1, 0.15) is 5.60 Å². The van der Waals surface area contributed by atoms with Crippen LogP contribution in [0.2, 0.25) is 0 Å². The van der Waals surface area contributed by atoms with Gasteiger partial charge in [0.25, 0.3) is 15.8 Å². The topological polar surface area (TPSA) is 130 Å². The van der Waals surface area contributed by atoms with E-state index in [0.29, 0.717) is 0 Å². The van der Waals surface area contributed by atoms with Crippen LogP contribution in [0.4, 0.5) is 5.69 Å². The number of hydrogen-bond donors (Lipinski definition) is 0. The van der Waals surface area contributed by atoms with E-state index in [2.05, 4.69) is 0 Å². The molecule has 0 aliphatic carbocycles. The van der Waals surface area contributed by atoms with Gasteiger partial charge in [-0.2, -0.15) is 8.42 Å². The fourth-order valence-electron chi connectivity index (χ4n) is 1.78. The number of benzene rings is 1. The molecule has 0 saturated heterocycles. The summed E-state index contributed by atoms with van der Waals surface area (Å²) in [5.74, 6) is -2.56. The highest BCUT2D eigenvalue weighted by molar-refractivity contribution is 7.86. The Morgan fingerprint density at radius 2 is 1.62 bits per heavy atom. The molecule has 9 nitrogen and oxygen atoms in total. The Morgan fingerprint density at radius 1 is 1.12 bits per heavy atom. The van der Waals surface area contributed by atoms with E-state index in [0.717, 1.165) is 24.3 Å². The lowest BCUT2D eigenvalue weighted by atomic mass is 10.0. The van der Waals surface area contributed by atoms with Crippen molar-refractivity contribution in [2.24, 2.45) is 5.92 Å². The predicted molar refractivity (Wildman–Crippen MR) is 90.8 cm³/mol. The lowest BCUT2D eigenvalue weighted by Gasteiger charge is -2.24. The van der Waals surface area contributed by atoms with Crippen LogP contribution >= 0.6 is 0 Å². The maximum absolute atomic E-state index is 12.4. The van der Waals surface area contributed by atoms with E-state index in [1.54, 1.807) is 20.8 Å². The Kier molecular flexibility index (Phi) is 6.61. The first kappa shape index (κ1) is 21.7. The van der Waals surface area contributed by atoms with Gasteiger partial charge in [-0.05, 0) is 32.9 Å². The number of non-ortho nitro benzene ring substituents is 1. The maximum Gasteiger partial charge on any atom is 0.345 e. The van der Waals surface area contributed by atoms with Crippen LogP contribution in [0.3, 0.4) is 0 Å². The molecule has 0 bridgehead atoms. The molecule has 0 saturated carbocycles. The van der Waals surface area contributed by atoms with Gasteiger partial charge in [0.15, 0.2) is 5.78 Å². The Morgan fingerprint density at radius 3 is 2.00 bits per heavy atom. The van der Waals surface area contributed by atoms with E-state index >= 15 is 0 Å². The molecule has 0 radical (unpaired) electrons. The number of nitro groups is 1. The fourth-order valence-corrected chi connectivity index (χ4v) is 2.78. The Balaban J connectivity index is 3.17. The number of nitrogens with zero attached hydrogens (tertiary/aromatic N) is 1. The number of hydrogen-bond acceptors (Lipinski definition) is 8. The standard InChI is InChI=1S/C16H21NO8S/c1-10(2)13(18)14(15(19)24-16(3,4)5)25-26(22,23)12-8-6-11(7-9-12)17(20)21/h6-10,14H,1-5H3. The van der Waals surface area contributed by atoms with Gasteiger partial charge >= 0.3 is 5.97 Å². The van der Waals surface area contributed by atoms with Crippen molar-refractivity contribution in [1.29, 1.82) is 0 Å². The van der Waals surface area contributed by atoms with Crippen LogP contribution < -0.4 is 0 Å². The highest BCUT2D eigenvalue weighted by Crippen LogP contribution is 2.21. The first-order chi connectivity index (χ1) is 11.7. The smallest absolute Gasteiger partial charge is 0.345 e. The van der Waals surface area contributed by atoms with Crippen molar-refractivity contribution in [2.45, 2.75) is 51.2 Å². The van der Waals surface area contributed by atoms with Gasteiger partial charge < -0.3 is 4.74 Å². The average Bonchev–Trinajstić information content (AvgIpc) is 2.50. The number of esters is 1. The number of carbonyl (C=O) groups is 2. The molecule has 10 heteroatoms. The van der Waals surface area contributed by atoms with Crippen molar-refractivity contribution in [3.63, 3.8) is 0 Å². The van der Waals surface area contributed by atoms with Crippen LogP contribution in [0.1, 0.15) is 34.6 Å². The average molecular weight is 387 g/mol. The summed E-state index contributed by atoms with van der Waals surface area (Å²) in [5.41, 5.74) is -1.27. The van der Waals surface area contributed by atoms with Gasteiger partial charge in [0.2, 0.25) is 6.10 Å². The molecule has 0 spiro atoms. The highest BCUT2D eigenvalue weighted by atomic mass is 32.2. The van der Waals surface area contributed by atoms with Crippen LogP contribution in [0, 0.1) is 16.0 Å². The second-order valence-electron chi connectivity index (χ2n) is 6.77. The van der Waals surface area contributed by atoms with Crippen LogP contribution in [0.15, 0.2) is 29.2 Å². The normalized spacial score (nSPS) is 13.3. The SMILES string of the molecule is CC(C)C(=O)C(OS(=O)(=O)c1ccc([N+](=O)[O-])cc1)C(=O)OC(C)(C)C. The second kappa shape index (κ2) is 7.92. The van der Waals surface area contributed by atoms with E-state index in [1.807, 2.05) is 0 Å². The molecule has 0 amide bonds. The number of ketones is 1. The second-order valence-corrected chi connectivity index (χ2v) is 8.34. The molecule has 1 aromatic carbocycles. The van der Waals surface area contributed by atoms with Crippen LogP contribution in [0.5, 0.6) is 0 Å². The number of nitro benzene ring substituents is 1. The minimum atomic E-state index is -4.53. The van der Waals surface area contributed by atoms with Crippen molar-refractivity contribution in [3.8, 4) is 0 Å². The van der Waals surface area contributed by atoms with Gasteiger partial charge in [0.05, 0.1) is 9.82 Å². The molecule has 0 aromatic heterocycles. The summed E-state index contributed by atoms with van der Waals surface area (Å²) in [4.78, 5) is 34.0. The van der Waals surface area contributed by atoms with E-state index in [-0.39, 0.29) is 5.69 Å². The van der Waals surface area contributed by atoms with Gasteiger partial charge in [-0.3, -0.25) is 14.9 Å². The highest BCUT2D eigenvalue weighted by Gasteiger charge is 2.38. The van der Waals surface area contributed by atoms with Crippen LogP contribution in [-0.4, -0.2) is 36.8 Å². The molecule has 1 rings (SSSR count). The molecule has 0 heterocycles. The van der Waals surface area contributed by atoms with Gasteiger partial charge in [-0.1, -0.05) is 13.8 Å². The number of carbonyl (C=O) groups excluding carboxylic acids is 2.